The molecule has 0 heterocycles. The summed E-state index contributed by atoms with van der Waals surface area (Å²) in [6, 6.07) is 6.08. The van der Waals surface area contributed by atoms with Crippen LogP contribution in [0.5, 0.6) is 0 Å². The van der Waals surface area contributed by atoms with E-state index in [9.17, 15) is 0 Å². The molecule has 1 aromatic rings. The van der Waals surface area contributed by atoms with Crippen molar-refractivity contribution in [2.45, 2.75) is 6.04 Å². The summed E-state index contributed by atoms with van der Waals surface area (Å²) in [5.41, 5.74) is 1.17. The molecule has 15 heavy (non-hydrogen) atoms. The van der Waals surface area contributed by atoms with Crippen LogP contribution in [-0.2, 0) is 0 Å². The lowest BCUT2D eigenvalue weighted by Gasteiger charge is -2.24. The van der Waals surface area contributed by atoms with Gasteiger partial charge in [-0.3, -0.25) is 0 Å². The Morgan fingerprint density at radius 3 is 2.40 bits per heavy atom. The third-order valence-corrected chi connectivity index (χ3v) is 3.09. The topological polar surface area (TPSA) is 15.3 Å². The Morgan fingerprint density at radius 2 is 1.93 bits per heavy atom. The molecule has 0 aliphatic rings. The lowest BCUT2D eigenvalue weighted by Crippen LogP contribution is -2.29. The summed E-state index contributed by atoms with van der Waals surface area (Å²) in [5, 5.41) is 4.37. The number of nitrogens with zero attached hydrogens (tertiary/aromatic N) is 1. The second kappa shape index (κ2) is 5.71. The van der Waals surface area contributed by atoms with E-state index in [4.69, 9.17) is 23.2 Å². The molecule has 0 aliphatic heterocycles. The Balaban J connectivity index is 2.95. The van der Waals surface area contributed by atoms with Crippen LogP contribution in [-0.4, -0.2) is 32.6 Å². The number of likely N-dealkylation sites (N-methyl/N-ethyl adjacent to an activating group) is 2. The van der Waals surface area contributed by atoms with E-state index < -0.39 is 0 Å². The van der Waals surface area contributed by atoms with Crippen LogP contribution in [0, 0.1) is 0 Å². The second-order valence-electron chi connectivity index (χ2n) is 3.71. The maximum atomic E-state index is 5.99. The van der Waals surface area contributed by atoms with E-state index in [1.807, 2.05) is 39.3 Å². The average molecular weight is 247 g/mol. The van der Waals surface area contributed by atoms with Gasteiger partial charge in [-0.25, -0.2) is 0 Å². The molecule has 1 aromatic carbocycles. The van der Waals surface area contributed by atoms with Crippen LogP contribution in [0.4, 0.5) is 0 Å². The van der Waals surface area contributed by atoms with Crippen molar-refractivity contribution >= 4 is 23.2 Å². The predicted octanol–water partition coefficient (Wildman–Crippen LogP) is 2.82. The first kappa shape index (κ1) is 12.8. The molecule has 0 aromatic heterocycles. The number of rotatable bonds is 4. The van der Waals surface area contributed by atoms with Gasteiger partial charge in [-0.15, -0.1) is 0 Å². The zero-order chi connectivity index (χ0) is 11.4. The van der Waals surface area contributed by atoms with Crippen LogP contribution in [0.3, 0.4) is 0 Å². The summed E-state index contributed by atoms with van der Waals surface area (Å²) in [7, 11) is 6.03. The third-order valence-electron chi connectivity index (χ3n) is 2.35. The summed E-state index contributed by atoms with van der Waals surface area (Å²) in [6.07, 6.45) is 0. The predicted molar refractivity (Wildman–Crippen MR) is 66.8 cm³/mol. The summed E-state index contributed by atoms with van der Waals surface area (Å²) < 4.78 is 0. The van der Waals surface area contributed by atoms with Crippen molar-refractivity contribution in [1.82, 2.24) is 10.2 Å². The Bertz CT molecular complexity index is 326. The summed E-state index contributed by atoms with van der Waals surface area (Å²) >= 11 is 11.9. The number of hydrogen-bond acceptors (Lipinski definition) is 2. The molecule has 0 saturated heterocycles. The standard InChI is InChI=1S/C11H16Cl2N2/c1-14-7-11(15(2)3)8-4-5-9(12)10(13)6-8/h4-6,11,14H,7H2,1-3H3. The molecule has 1 atom stereocenters. The third kappa shape index (κ3) is 3.35. The molecule has 2 nitrogen and oxygen atoms in total. The van der Waals surface area contributed by atoms with Crippen LogP contribution in [0.2, 0.25) is 10.0 Å². The first-order valence-electron chi connectivity index (χ1n) is 4.82. The molecule has 0 saturated carbocycles. The summed E-state index contributed by atoms with van der Waals surface area (Å²) in [5.74, 6) is 0. The highest BCUT2D eigenvalue weighted by molar-refractivity contribution is 6.42. The summed E-state index contributed by atoms with van der Waals surface area (Å²) in [4.78, 5) is 2.15. The molecule has 0 bridgehead atoms. The highest BCUT2D eigenvalue weighted by Crippen LogP contribution is 2.27. The van der Waals surface area contributed by atoms with Gasteiger partial charge in [-0.2, -0.15) is 0 Å². The van der Waals surface area contributed by atoms with Gasteiger partial charge in [-0.05, 0) is 38.8 Å². The van der Waals surface area contributed by atoms with E-state index in [0.29, 0.717) is 16.1 Å². The fraction of sp³-hybridized carbons (Fsp3) is 0.455. The van der Waals surface area contributed by atoms with Gasteiger partial charge in [-0.1, -0.05) is 29.3 Å². The van der Waals surface area contributed by atoms with E-state index in [2.05, 4.69) is 10.2 Å². The number of hydrogen-bond donors (Lipinski definition) is 1. The van der Waals surface area contributed by atoms with E-state index in [1.54, 1.807) is 0 Å². The lowest BCUT2D eigenvalue weighted by atomic mass is 10.1. The molecule has 0 radical (unpaired) electrons. The molecule has 4 heteroatoms. The molecule has 84 valence electrons. The lowest BCUT2D eigenvalue weighted by molar-refractivity contribution is 0.294. The molecule has 1 rings (SSSR count). The maximum absolute atomic E-state index is 5.99. The van der Waals surface area contributed by atoms with Gasteiger partial charge in [0.2, 0.25) is 0 Å². The molecule has 0 fully saturated rings. The fourth-order valence-corrected chi connectivity index (χ4v) is 1.82. The zero-order valence-electron chi connectivity index (χ0n) is 9.22. The largest absolute Gasteiger partial charge is 0.318 e. The molecular formula is C11H16Cl2N2. The number of benzene rings is 1. The average Bonchev–Trinajstić information content (AvgIpc) is 2.18. The van der Waals surface area contributed by atoms with Gasteiger partial charge < -0.3 is 10.2 Å². The Labute approximate surface area is 101 Å². The second-order valence-corrected chi connectivity index (χ2v) is 4.53. The van der Waals surface area contributed by atoms with Gasteiger partial charge >= 0.3 is 0 Å². The van der Waals surface area contributed by atoms with Gasteiger partial charge in [0, 0.05) is 12.6 Å². The van der Waals surface area contributed by atoms with Crippen molar-refractivity contribution in [1.29, 1.82) is 0 Å². The molecule has 0 amide bonds. The summed E-state index contributed by atoms with van der Waals surface area (Å²) in [6.45, 7) is 0.880. The van der Waals surface area contributed by atoms with E-state index in [0.717, 1.165) is 6.54 Å². The normalized spacial score (nSPS) is 13.2. The van der Waals surface area contributed by atoms with Gasteiger partial charge in [0.05, 0.1) is 10.0 Å². The van der Waals surface area contributed by atoms with Crippen molar-refractivity contribution in [3.63, 3.8) is 0 Å². The fourth-order valence-electron chi connectivity index (χ4n) is 1.51. The quantitative estimate of drug-likeness (QED) is 0.880. The molecule has 1 unspecified atom stereocenters. The smallest absolute Gasteiger partial charge is 0.0595 e. The van der Waals surface area contributed by atoms with Crippen molar-refractivity contribution < 1.29 is 0 Å². The highest BCUT2D eigenvalue weighted by atomic mass is 35.5. The minimum Gasteiger partial charge on any atom is -0.318 e. The van der Waals surface area contributed by atoms with Gasteiger partial charge in [0.15, 0.2) is 0 Å². The highest BCUT2D eigenvalue weighted by Gasteiger charge is 2.13. The first-order valence-corrected chi connectivity index (χ1v) is 5.58. The molecule has 0 aliphatic carbocycles. The minimum atomic E-state index is 0.310. The molecule has 1 N–H and O–H groups in total. The van der Waals surface area contributed by atoms with Gasteiger partial charge in [0.25, 0.3) is 0 Å². The van der Waals surface area contributed by atoms with Gasteiger partial charge in [0.1, 0.15) is 0 Å². The van der Waals surface area contributed by atoms with Crippen LogP contribution in [0.25, 0.3) is 0 Å². The Morgan fingerprint density at radius 1 is 1.27 bits per heavy atom. The van der Waals surface area contributed by atoms with Crippen molar-refractivity contribution in [2.75, 3.05) is 27.7 Å². The monoisotopic (exact) mass is 246 g/mol. The maximum Gasteiger partial charge on any atom is 0.0595 e. The first-order chi connectivity index (χ1) is 7.06. The Hall–Kier alpha value is -0.280. The number of nitrogens with one attached hydrogen (secondary N) is 1. The van der Waals surface area contributed by atoms with Crippen molar-refractivity contribution in [3.8, 4) is 0 Å². The number of halogens is 2. The SMILES string of the molecule is CNCC(c1ccc(Cl)c(Cl)c1)N(C)C. The van der Waals surface area contributed by atoms with E-state index in [-0.39, 0.29) is 0 Å². The molecular weight excluding hydrogens is 231 g/mol. The molecule has 0 spiro atoms. The van der Waals surface area contributed by atoms with Crippen LogP contribution < -0.4 is 5.32 Å². The zero-order valence-corrected chi connectivity index (χ0v) is 10.7. The van der Waals surface area contributed by atoms with E-state index in [1.165, 1.54) is 5.56 Å². The Kier molecular flexibility index (Phi) is 4.87. The van der Waals surface area contributed by atoms with Crippen molar-refractivity contribution in [3.05, 3.63) is 33.8 Å². The van der Waals surface area contributed by atoms with E-state index >= 15 is 0 Å². The van der Waals surface area contributed by atoms with Crippen LogP contribution in [0.15, 0.2) is 18.2 Å². The van der Waals surface area contributed by atoms with Crippen molar-refractivity contribution in [2.24, 2.45) is 0 Å². The van der Waals surface area contributed by atoms with Crippen LogP contribution >= 0.6 is 23.2 Å². The minimum absolute atomic E-state index is 0.310. The van der Waals surface area contributed by atoms with Crippen LogP contribution in [0.1, 0.15) is 11.6 Å².